The van der Waals surface area contributed by atoms with Crippen LogP contribution in [0.2, 0.25) is 0 Å². The predicted octanol–water partition coefficient (Wildman–Crippen LogP) is 10.0. The van der Waals surface area contributed by atoms with E-state index in [0.717, 1.165) is 42.3 Å². The Hall–Kier alpha value is -3.34. The lowest BCUT2D eigenvalue weighted by molar-refractivity contribution is 0.607. The molecular weight excluding hydrogens is 430 g/mol. The highest BCUT2D eigenvalue weighted by Crippen LogP contribution is 2.26. The van der Waals surface area contributed by atoms with Gasteiger partial charge in [0.05, 0.1) is 22.7 Å². The second-order valence-corrected chi connectivity index (χ2v) is 9.31. The SMILES string of the molecule is CCCCCCCCc1ccc(N=Nc2ccc(N=Nc3ccc(N4CCCC4)cc3)cc2)cc1. The fraction of sp³-hybridized carbons (Fsp3) is 0.400. The van der Waals surface area contributed by atoms with Gasteiger partial charge in [-0.1, -0.05) is 51.2 Å². The third kappa shape index (κ3) is 8.13. The number of benzene rings is 3. The maximum absolute atomic E-state index is 4.38. The van der Waals surface area contributed by atoms with E-state index in [9.17, 15) is 0 Å². The van der Waals surface area contributed by atoms with Gasteiger partial charge in [-0.25, -0.2) is 0 Å². The molecule has 3 aromatic carbocycles. The summed E-state index contributed by atoms with van der Waals surface area (Å²) in [6.07, 6.45) is 11.7. The molecular formula is C30H37N5. The molecule has 5 nitrogen and oxygen atoms in total. The average Bonchev–Trinajstić information content (AvgIpc) is 3.45. The van der Waals surface area contributed by atoms with E-state index in [4.69, 9.17) is 0 Å². The van der Waals surface area contributed by atoms with Crippen LogP contribution in [0.5, 0.6) is 0 Å². The van der Waals surface area contributed by atoms with Crippen molar-refractivity contribution >= 4 is 28.4 Å². The number of aryl methyl sites for hydroxylation is 1. The maximum atomic E-state index is 4.38. The number of nitrogens with zero attached hydrogens (tertiary/aromatic N) is 5. The molecule has 4 rings (SSSR count). The Kier molecular flexibility index (Phi) is 9.57. The largest absolute Gasteiger partial charge is 0.372 e. The first-order valence-electron chi connectivity index (χ1n) is 13.2. The Balaban J connectivity index is 1.23. The third-order valence-corrected chi connectivity index (χ3v) is 6.49. The van der Waals surface area contributed by atoms with E-state index >= 15 is 0 Å². The second-order valence-electron chi connectivity index (χ2n) is 9.31. The molecule has 1 saturated heterocycles. The Morgan fingerprint density at radius 2 is 0.971 bits per heavy atom. The first kappa shape index (κ1) is 24.8. The van der Waals surface area contributed by atoms with Crippen molar-refractivity contribution in [1.82, 2.24) is 0 Å². The van der Waals surface area contributed by atoms with Crippen molar-refractivity contribution < 1.29 is 0 Å². The summed E-state index contributed by atoms with van der Waals surface area (Å²) in [5.41, 5.74) is 5.97. The number of rotatable bonds is 12. The molecule has 0 aromatic heterocycles. The number of hydrogen-bond donors (Lipinski definition) is 0. The van der Waals surface area contributed by atoms with Crippen molar-refractivity contribution in [3.8, 4) is 0 Å². The number of unbranched alkanes of at least 4 members (excludes halogenated alkanes) is 5. The van der Waals surface area contributed by atoms with Crippen molar-refractivity contribution in [2.45, 2.75) is 64.7 Å². The van der Waals surface area contributed by atoms with E-state index < -0.39 is 0 Å². The van der Waals surface area contributed by atoms with E-state index in [2.05, 4.69) is 56.5 Å². The maximum Gasteiger partial charge on any atom is 0.0858 e. The van der Waals surface area contributed by atoms with Gasteiger partial charge in [0.2, 0.25) is 0 Å². The molecule has 0 radical (unpaired) electrons. The van der Waals surface area contributed by atoms with E-state index in [0.29, 0.717) is 0 Å². The molecule has 0 aliphatic carbocycles. The molecule has 3 aromatic rings. The van der Waals surface area contributed by atoms with Crippen LogP contribution in [0.25, 0.3) is 0 Å². The molecule has 0 amide bonds. The summed E-state index contributed by atoms with van der Waals surface area (Å²) < 4.78 is 0. The van der Waals surface area contributed by atoms with Gasteiger partial charge in [0.15, 0.2) is 0 Å². The van der Waals surface area contributed by atoms with E-state index in [-0.39, 0.29) is 0 Å². The summed E-state index contributed by atoms with van der Waals surface area (Å²) in [6.45, 7) is 4.56. The Bertz CT molecular complexity index is 1060. The highest BCUT2D eigenvalue weighted by Gasteiger charge is 2.11. The van der Waals surface area contributed by atoms with E-state index in [1.807, 2.05) is 48.5 Å². The van der Waals surface area contributed by atoms with Gasteiger partial charge in [-0.2, -0.15) is 20.5 Å². The van der Waals surface area contributed by atoms with Crippen molar-refractivity contribution in [1.29, 1.82) is 0 Å². The van der Waals surface area contributed by atoms with Crippen molar-refractivity contribution in [3.05, 3.63) is 78.4 Å². The van der Waals surface area contributed by atoms with Gasteiger partial charge in [0.25, 0.3) is 0 Å². The Morgan fingerprint density at radius 1 is 0.543 bits per heavy atom. The molecule has 0 bridgehead atoms. The van der Waals surface area contributed by atoms with Crippen LogP contribution in [-0.2, 0) is 6.42 Å². The number of azo groups is 2. The molecule has 1 heterocycles. The molecule has 0 N–H and O–H groups in total. The van der Waals surface area contributed by atoms with Crippen LogP contribution in [0.1, 0.15) is 63.9 Å². The summed E-state index contributed by atoms with van der Waals surface area (Å²) in [5.74, 6) is 0. The lowest BCUT2D eigenvalue weighted by Crippen LogP contribution is -2.17. The van der Waals surface area contributed by atoms with Gasteiger partial charge in [-0.15, -0.1) is 0 Å². The van der Waals surface area contributed by atoms with Gasteiger partial charge < -0.3 is 4.90 Å². The fourth-order valence-corrected chi connectivity index (χ4v) is 4.36. The zero-order valence-corrected chi connectivity index (χ0v) is 20.9. The quantitative estimate of drug-likeness (QED) is 0.193. The topological polar surface area (TPSA) is 52.7 Å². The van der Waals surface area contributed by atoms with Crippen LogP contribution >= 0.6 is 0 Å². The summed E-state index contributed by atoms with van der Waals surface area (Å²) >= 11 is 0. The molecule has 1 aliphatic rings. The molecule has 0 atom stereocenters. The smallest absolute Gasteiger partial charge is 0.0858 e. The van der Waals surface area contributed by atoms with Gasteiger partial charge in [-0.05, 0) is 91.9 Å². The van der Waals surface area contributed by atoms with Crippen LogP contribution in [-0.4, -0.2) is 13.1 Å². The minimum absolute atomic E-state index is 0.798. The molecule has 5 heteroatoms. The first-order chi connectivity index (χ1) is 17.3. The molecule has 182 valence electrons. The normalized spacial score (nSPS) is 13.9. The standard InChI is InChI=1S/C30H37N5/c1-2-3-4-5-6-7-10-25-11-13-26(14-12-25)31-32-27-15-17-28(18-16-27)33-34-29-19-21-30(22-20-29)35-23-8-9-24-35/h11-22H,2-10,23-24H2,1H3. The van der Waals surface area contributed by atoms with Gasteiger partial charge in [0, 0.05) is 18.8 Å². The number of hydrogen-bond acceptors (Lipinski definition) is 5. The van der Waals surface area contributed by atoms with Crippen molar-refractivity contribution in [2.75, 3.05) is 18.0 Å². The molecule has 0 saturated carbocycles. The second kappa shape index (κ2) is 13.5. The highest BCUT2D eigenvalue weighted by molar-refractivity contribution is 5.54. The van der Waals surface area contributed by atoms with Gasteiger partial charge >= 0.3 is 0 Å². The monoisotopic (exact) mass is 467 g/mol. The zero-order valence-electron chi connectivity index (χ0n) is 20.9. The Labute approximate surface area is 210 Å². The summed E-state index contributed by atoms with van der Waals surface area (Å²) in [7, 11) is 0. The first-order valence-corrected chi connectivity index (χ1v) is 13.2. The summed E-state index contributed by atoms with van der Waals surface area (Å²) in [4.78, 5) is 2.42. The van der Waals surface area contributed by atoms with Crippen molar-refractivity contribution in [2.24, 2.45) is 20.5 Å². The third-order valence-electron chi connectivity index (χ3n) is 6.49. The van der Waals surface area contributed by atoms with Crippen LogP contribution < -0.4 is 4.90 Å². The minimum Gasteiger partial charge on any atom is -0.372 e. The average molecular weight is 468 g/mol. The lowest BCUT2D eigenvalue weighted by atomic mass is 10.0. The fourth-order valence-electron chi connectivity index (χ4n) is 4.36. The molecule has 35 heavy (non-hydrogen) atoms. The summed E-state index contributed by atoms with van der Waals surface area (Å²) in [6, 6.07) is 24.4. The molecule has 0 unspecified atom stereocenters. The van der Waals surface area contributed by atoms with Crippen LogP contribution in [0.3, 0.4) is 0 Å². The number of anilines is 1. The lowest BCUT2D eigenvalue weighted by Gasteiger charge is -2.17. The molecule has 0 spiro atoms. The molecule has 1 fully saturated rings. The zero-order chi connectivity index (χ0) is 24.1. The Morgan fingerprint density at radius 3 is 1.49 bits per heavy atom. The van der Waals surface area contributed by atoms with Crippen LogP contribution in [0.15, 0.2) is 93.3 Å². The summed E-state index contributed by atoms with van der Waals surface area (Å²) in [5, 5.41) is 17.5. The van der Waals surface area contributed by atoms with Gasteiger partial charge in [-0.3, -0.25) is 0 Å². The van der Waals surface area contributed by atoms with Crippen LogP contribution in [0, 0.1) is 0 Å². The van der Waals surface area contributed by atoms with E-state index in [1.165, 1.54) is 62.6 Å². The minimum atomic E-state index is 0.798. The highest BCUT2D eigenvalue weighted by atomic mass is 15.1. The van der Waals surface area contributed by atoms with Gasteiger partial charge in [0.1, 0.15) is 0 Å². The van der Waals surface area contributed by atoms with Crippen molar-refractivity contribution in [3.63, 3.8) is 0 Å². The molecule has 1 aliphatic heterocycles. The predicted molar refractivity (Wildman–Crippen MR) is 146 cm³/mol. The van der Waals surface area contributed by atoms with E-state index in [1.54, 1.807) is 0 Å². The van der Waals surface area contributed by atoms with Crippen LogP contribution in [0.4, 0.5) is 28.4 Å².